The molecule has 0 aliphatic carbocycles. The van der Waals surface area contributed by atoms with Gasteiger partial charge in [0.1, 0.15) is 92.4 Å². The van der Waals surface area contributed by atoms with Gasteiger partial charge in [-0.2, -0.15) is 10.3 Å². The Balaban J connectivity index is 0.000000160. The average Bonchev–Trinajstić information content (AvgIpc) is 1.66. The number of carbonyl (C=O) groups excluding carboxylic acids is 3. The first-order chi connectivity index (χ1) is 53.1. The van der Waals surface area contributed by atoms with Crippen molar-refractivity contribution in [3.8, 4) is 75.2 Å². The fourth-order valence-electron chi connectivity index (χ4n) is 13.1. The highest BCUT2D eigenvalue weighted by Gasteiger charge is 2.55. The Bertz CT molecular complexity index is 4540. The zero-order valence-corrected chi connectivity index (χ0v) is 65.2. The summed E-state index contributed by atoms with van der Waals surface area (Å²) in [6, 6.07) is 59.4. The molecule has 8 aromatic carbocycles. The molecule has 0 saturated carbocycles. The van der Waals surface area contributed by atoms with Gasteiger partial charge in [0.15, 0.2) is 25.6 Å². The molecular formula is C85H96ClN7O17Si. The molecule has 4 spiro atoms. The van der Waals surface area contributed by atoms with Gasteiger partial charge in [-0.15, -0.1) is 12.4 Å². The summed E-state index contributed by atoms with van der Waals surface area (Å²) >= 11 is 0. The lowest BCUT2D eigenvalue weighted by atomic mass is 9.81. The number of hydrogen-bond donors (Lipinski definition) is 4. The van der Waals surface area contributed by atoms with Crippen LogP contribution in [0.5, 0.6) is 69.0 Å². The minimum absolute atomic E-state index is 0. The van der Waals surface area contributed by atoms with Crippen molar-refractivity contribution in [1.82, 2.24) is 10.5 Å². The average molecular weight is 1550 g/mol. The summed E-state index contributed by atoms with van der Waals surface area (Å²) in [6.07, 6.45) is 10.5. The standard InChI is InChI=1S/C21H23N3O4.C20H18N2O3.C19H18O4.C14H12O3.C5H11NSi.C5H8O2.CH5NO.ClH/c1-24-19(22)23-21(28-24)13-20(10-5-11-25-14-20)27-18-9-8-16(12-17(18)21)26-15-6-3-2-4-7-15;21-14-22-18-12-20(9-4-10-23-13-20)25-19-8-7-16(11-17(18)19)24-15-5-2-1-3-6-15;20-17-12-19(9-4-10-21-13-19)23-18-8-7-15(11-16(17)18)22-14-5-2-1-3-6-14;1-10(15)13-9-12(7-8-14(13)16)17-11-5-3-2-4-6-11;1-5-6-7(2,3)4;6-5-2-1-3-7-4-5;1-2-3;/h2-4,6-9,12H,5,10-11,13-14H2,1H3,(H2,22,23);1-3,5-8,11H,4,9-10,12-13H2;1-3,5-8,11H,4,9-10,12-13H2;2-9,16H,1H3;1H2,2-4H3;1-4H2;2-3H,1H3;1H. The van der Waals surface area contributed by atoms with Crippen LogP contribution in [0.15, 0.2) is 215 Å². The number of Topliss-reactive ketones (excluding diaryl/α,β-unsaturated/α-hetero) is 3. The van der Waals surface area contributed by atoms with Crippen molar-refractivity contribution < 1.29 is 81.6 Å². The van der Waals surface area contributed by atoms with E-state index in [1.807, 2.05) is 176 Å². The monoisotopic (exact) mass is 1550 g/mol. The summed E-state index contributed by atoms with van der Waals surface area (Å²) in [7, 11) is 1.99. The van der Waals surface area contributed by atoms with Crippen LogP contribution in [-0.4, -0.2) is 142 Å². The summed E-state index contributed by atoms with van der Waals surface area (Å²) < 4.78 is 67.8. The molecule has 584 valence electrons. The lowest BCUT2D eigenvalue weighted by Crippen LogP contribution is -2.53. The minimum atomic E-state index is -1.21. The number of halogens is 1. The SMILES string of the molecule is C=C=N[Si](C)(C)C.CC(=O)c1cc(Oc2ccccc2)ccc1O.CN1OC2(CC3(CCCOC3)Oc3ccc(Oc4ccccc4)cc32)N=C1N.CNO.Cl.N#CN=C1CC2(CCCOC2)Oc2ccc(Oc3ccccc3)cc21.O=C1CC2(CCCOC2)Oc2ccc(Oc3ccccc3)cc21.O=C1CCCOC1. The number of nitrogens with zero attached hydrogens (tertiary/aromatic N) is 5. The number of aliphatic imine (C=N–C) groups is 2. The number of ketones is 3. The van der Waals surface area contributed by atoms with Crippen LogP contribution in [0.2, 0.25) is 19.6 Å². The van der Waals surface area contributed by atoms with Gasteiger partial charge in [0, 0.05) is 65.3 Å². The van der Waals surface area contributed by atoms with Crippen molar-refractivity contribution in [2.24, 2.45) is 20.4 Å². The van der Waals surface area contributed by atoms with Gasteiger partial charge in [-0.05, 0) is 205 Å². The summed E-state index contributed by atoms with van der Waals surface area (Å²) in [5, 5.41) is 27.4. The van der Waals surface area contributed by atoms with E-state index in [9.17, 15) is 19.5 Å². The van der Waals surface area contributed by atoms with Gasteiger partial charge in [-0.1, -0.05) is 72.8 Å². The van der Waals surface area contributed by atoms with Crippen molar-refractivity contribution in [3.63, 3.8) is 0 Å². The summed E-state index contributed by atoms with van der Waals surface area (Å²) in [4.78, 5) is 49.1. The number of aromatic hydroxyl groups is 1. The number of nitrogens with one attached hydrogen (secondary N) is 1. The third-order valence-electron chi connectivity index (χ3n) is 18.0. The first-order valence-electron chi connectivity index (χ1n) is 36.5. The van der Waals surface area contributed by atoms with E-state index in [1.54, 1.807) is 24.7 Å². The number of nitrogens with two attached hydrogens (primary N) is 1. The van der Waals surface area contributed by atoms with Crippen molar-refractivity contribution in [2.75, 3.05) is 67.0 Å². The number of fused-ring (bicyclic) bond motifs is 4. The van der Waals surface area contributed by atoms with E-state index in [2.05, 4.69) is 41.7 Å². The molecule has 8 aromatic rings. The van der Waals surface area contributed by atoms with Crippen molar-refractivity contribution >= 4 is 55.5 Å². The number of ether oxygens (including phenoxy) is 11. The highest BCUT2D eigenvalue weighted by molar-refractivity contribution is 6.75. The molecule has 24 nitrogen and oxygen atoms in total. The number of para-hydroxylation sites is 4. The number of guanidine groups is 1. The Morgan fingerprint density at radius 2 is 1.04 bits per heavy atom. The van der Waals surface area contributed by atoms with Gasteiger partial charge in [-0.3, -0.25) is 19.0 Å². The second-order valence-corrected chi connectivity index (χ2v) is 32.6. The predicted molar refractivity (Wildman–Crippen MR) is 426 cm³/mol. The summed E-state index contributed by atoms with van der Waals surface area (Å²) in [5.74, 6) is 10.6. The molecule has 0 aromatic heterocycles. The zero-order valence-electron chi connectivity index (χ0n) is 63.4. The lowest BCUT2D eigenvalue weighted by molar-refractivity contribution is -0.216. The summed E-state index contributed by atoms with van der Waals surface area (Å²) in [6.45, 7) is 16.1. The summed E-state index contributed by atoms with van der Waals surface area (Å²) in [5.41, 5.74) is 8.72. The molecule has 0 amide bonds. The quantitative estimate of drug-likeness (QED) is 0.0325. The van der Waals surface area contributed by atoms with Gasteiger partial charge >= 0.3 is 0 Å². The number of hydrogen-bond acceptors (Lipinski definition) is 24. The largest absolute Gasteiger partial charge is 0.507 e. The fraction of sp³-hybridized carbons (Fsp3) is 0.341. The van der Waals surface area contributed by atoms with Crippen LogP contribution < -0.4 is 44.4 Å². The normalized spacial score (nSPS) is 21.1. The first-order valence-corrected chi connectivity index (χ1v) is 40.0. The van der Waals surface area contributed by atoms with Crippen LogP contribution in [-0.2, 0) is 34.3 Å². The first kappa shape index (κ1) is 84.3. The molecule has 0 bridgehead atoms. The molecule has 5 N–H and O–H groups in total. The van der Waals surface area contributed by atoms with E-state index in [-0.39, 0.29) is 41.1 Å². The van der Waals surface area contributed by atoms with E-state index >= 15 is 0 Å². The fourth-order valence-corrected chi connectivity index (χ4v) is 13.6. The number of phenols is 1. The Morgan fingerprint density at radius 3 is 1.44 bits per heavy atom. The molecule has 0 radical (unpaired) electrons. The highest BCUT2D eigenvalue weighted by Crippen LogP contribution is 2.52. The van der Waals surface area contributed by atoms with Crippen molar-refractivity contribution in [3.05, 3.63) is 223 Å². The molecule has 8 aliphatic rings. The predicted octanol–water partition coefficient (Wildman–Crippen LogP) is 16.7. The number of phenolic OH excluding ortho intramolecular Hbond substituents is 1. The van der Waals surface area contributed by atoms with Crippen LogP contribution in [0.3, 0.4) is 0 Å². The highest BCUT2D eigenvalue weighted by atomic mass is 35.5. The maximum atomic E-state index is 12.6. The van der Waals surface area contributed by atoms with E-state index in [1.165, 1.54) is 31.2 Å². The molecule has 26 heteroatoms. The Labute approximate surface area is 654 Å². The number of hydroxylamine groups is 3. The van der Waals surface area contributed by atoms with Gasteiger partial charge in [0.05, 0.1) is 48.6 Å². The van der Waals surface area contributed by atoms with E-state index < -0.39 is 30.8 Å². The maximum Gasteiger partial charge on any atom is 0.222 e. The van der Waals surface area contributed by atoms with Gasteiger partial charge < -0.3 is 68.2 Å². The van der Waals surface area contributed by atoms with Crippen molar-refractivity contribution in [1.29, 1.82) is 5.26 Å². The lowest BCUT2D eigenvalue weighted by Gasteiger charge is -2.46. The number of carbonyl (C=O) groups is 3. The van der Waals surface area contributed by atoms with Gasteiger partial charge in [-0.25, -0.2) is 20.4 Å². The van der Waals surface area contributed by atoms with Gasteiger partial charge in [0.25, 0.3) is 0 Å². The number of rotatable bonds is 10. The van der Waals surface area contributed by atoms with E-state index in [4.69, 9.17) is 78.1 Å². The third kappa shape index (κ3) is 24.1. The maximum absolute atomic E-state index is 12.6. The molecule has 16 rings (SSSR count). The minimum Gasteiger partial charge on any atom is -0.507 e. The second-order valence-electron chi connectivity index (χ2n) is 28.0. The van der Waals surface area contributed by atoms with E-state index in [0.717, 1.165) is 123 Å². The smallest absolute Gasteiger partial charge is 0.222 e. The zero-order chi connectivity index (χ0) is 78.0. The second kappa shape index (κ2) is 40.3. The molecule has 8 aliphatic heterocycles. The molecule has 4 fully saturated rings. The number of benzene rings is 8. The molecule has 4 atom stereocenters. The van der Waals surface area contributed by atoms with Crippen LogP contribution in [0.25, 0.3) is 0 Å². The van der Waals surface area contributed by atoms with Crippen LogP contribution in [0, 0.1) is 11.5 Å². The van der Waals surface area contributed by atoms with E-state index in [0.29, 0.717) is 91.7 Å². The Hall–Kier alpha value is -10.7. The van der Waals surface area contributed by atoms with Crippen molar-refractivity contribution in [2.45, 2.75) is 120 Å². The Morgan fingerprint density at radius 1 is 0.604 bits per heavy atom. The topological polar surface area (TPSA) is 305 Å². The van der Waals surface area contributed by atoms with Crippen LogP contribution >= 0.6 is 12.4 Å². The molecular weight excluding hydrogens is 1450 g/mol. The molecule has 4 unspecified atom stereocenters. The van der Waals surface area contributed by atoms with Crippen LogP contribution in [0.4, 0.5) is 0 Å². The third-order valence-corrected chi connectivity index (χ3v) is 18.9. The Kier molecular flexibility index (Phi) is 30.6. The number of nitriles is 1. The van der Waals surface area contributed by atoms with Gasteiger partial charge in [0.2, 0.25) is 17.9 Å². The van der Waals surface area contributed by atoms with Crippen LogP contribution in [0.1, 0.15) is 109 Å². The molecule has 4 saturated heterocycles. The molecule has 8 heterocycles. The molecule has 111 heavy (non-hydrogen) atoms.